The third-order valence-electron chi connectivity index (χ3n) is 7.37. The summed E-state index contributed by atoms with van der Waals surface area (Å²) in [5, 5.41) is 0.652. The van der Waals surface area contributed by atoms with E-state index in [1.54, 1.807) is 12.1 Å². The Morgan fingerprint density at radius 2 is 1.80 bits per heavy atom. The van der Waals surface area contributed by atoms with Crippen LogP contribution in [0.5, 0.6) is 5.75 Å². The number of aryl methyl sites for hydroxylation is 1. The SMILES string of the molecule is CCCOc1ccc(F)c(-c2ccc(Cc3nc(-c4ccc(Cl)cc4C)cn3-c3cccc(N4CC(=O)NS4=O)c3)cc2)c1. The Hall–Kier alpha value is -4.47. The fourth-order valence-corrected chi connectivity index (χ4v) is 6.33. The normalized spacial score (nSPS) is 14.6. The van der Waals surface area contributed by atoms with Gasteiger partial charge in [-0.25, -0.2) is 13.6 Å². The predicted octanol–water partition coefficient (Wildman–Crippen LogP) is 7.20. The fourth-order valence-electron chi connectivity index (χ4n) is 5.19. The molecule has 10 heteroatoms. The lowest BCUT2D eigenvalue weighted by Crippen LogP contribution is -2.22. The standard InChI is InChI=1S/C34H30ClFN4O3S/c1-3-15-43-28-12-14-31(36)30(19-28)24-9-7-23(8-10-24)17-33-37-32(29-13-11-25(35)16-22(29)2)20-39(33)26-5-4-6-27(18-26)40-21-34(41)38-44(40)42/h4-14,16,18-20H,3,15,17,21H2,1-2H3,(H,38,41). The summed E-state index contributed by atoms with van der Waals surface area (Å²) in [6.45, 7) is 4.61. The summed E-state index contributed by atoms with van der Waals surface area (Å²) < 4.78 is 38.9. The van der Waals surface area contributed by atoms with E-state index in [9.17, 15) is 13.4 Å². The zero-order valence-corrected chi connectivity index (χ0v) is 25.8. The highest BCUT2D eigenvalue weighted by atomic mass is 35.5. The molecule has 0 bridgehead atoms. The summed E-state index contributed by atoms with van der Waals surface area (Å²) in [4.78, 5) is 16.9. The average Bonchev–Trinajstić information content (AvgIpc) is 3.59. The average molecular weight is 629 g/mol. The van der Waals surface area contributed by atoms with E-state index in [0.717, 1.165) is 45.9 Å². The quantitative estimate of drug-likeness (QED) is 0.187. The van der Waals surface area contributed by atoms with Crippen LogP contribution in [0.2, 0.25) is 5.02 Å². The number of hydrogen-bond donors (Lipinski definition) is 1. The van der Waals surface area contributed by atoms with Crippen molar-refractivity contribution in [2.75, 3.05) is 17.5 Å². The molecule has 1 amide bonds. The Bertz CT molecular complexity index is 1880. The van der Waals surface area contributed by atoms with Crippen LogP contribution in [0, 0.1) is 12.7 Å². The Labute approximate surface area is 263 Å². The van der Waals surface area contributed by atoms with Crippen molar-refractivity contribution in [3.05, 3.63) is 119 Å². The second-order valence-electron chi connectivity index (χ2n) is 10.6. The summed E-state index contributed by atoms with van der Waals surface area (Å²) in [6, 6.07) is 25.8. The number of aromatic nitrogens is 2. The van der Waals surface area contributed by atoms with Crippen LogP contribution in [0.4, 0.5) is 10.1 Å². The summed E-state index contributed by atoms with van der Waals surface area (Å²) in [5.74, 6) is 0.814. The van der Waals surface area contributed by atoms with Gasteiger partial charge in [0.2, 0.25) is 11.2 Å². The van der Waals surface area contributed by atoms with Crippen molar-refractivity contribution in [2.45, 2.75) is 26.7 Å². The molecule has 1 saturated heterocycles. The third kappa shape index (κ3) is 6.25. The molecule has 1 atom stereocenters. The number of anilines is 1. The lowest BCUT2D eigenvalue weighted by Gasteiger charge is -2.16. The summed E-state index contributed by atoms with van der Waals surface area (Å²) in [6.07, 6.45) is 3.34. The first-order chi connectivity index (χ1) is 21.3. The minimum absolute atomic E-state index is 0.0165. The van der Waals surface area contributed by atoms with Crippen LogP contribution in [-0.2, 0) is 22.4 Å². The molecule has 224 valence electrons. The molecule has 1 aliphatic heterocycles. The first kappa shape index (κ1) is 29.6. The van der Waals surface area contributed by atoms with Crippen molar-refractivity contribution in [3.63, 3.8) is 0 Å². The number of rotatable bonds is 9. The molecule has 0 radical (unpaired) electrons. The molecule has 2 heterocycles. The molecule has 1 fully saturated rings. The van der Waals surface area contributed by atoms with Gasteiger partial charge >= 0.3 is 0 Å². The molecule has 44 heavy (non-hydrogen) atoms. The van der Waals surface area contributed by atoms with E-state index >= 15 is 0 Å². The van der Waals surface area contributed by atoms with Crippen molar-refractivity contribution >= 4 is 34.4 Å². The van der Waals surface area contributed by atoms with E-state index < -0.39 is 11.2 Å². The topological polar surface area (TPSA) is 76.5 Å². The van der Waals surface area contributed by atoms with Crippen molar-refractivity contribution in [1.82, 2.24) is 14.3 Å². The Balaban J connectivity index is 1.35. The molecule has 1 aliphatic rings. The van der Waals surface area contributed by atoms with Crippen molar-refractivity contribution in [1.29, 1.82) is 0 Å². The van der Waals surface area contributed by atoms with Gasteiger partial charge in [0.25, 0.3) is 5.91 Å². The molecule has 7 nitrogen and oxygen atoms in total. The van der Waals surface area contributed by atoms with Gasteiger partial charge in [0.05, 0.1) is 18.0 Å². The molecular formula is C34H30ClFN4O3S. The molecule has 0 saturated carbocycles. The zero-order chi connectivity index (χ0) is 30.8. The number of benzene rings is 4. The number of hydrogen-bond acceptors (Lipinski definition) is 4. The van der Waals surface area contributed by atoms with E-state index in [1.807, 2.05) is 91.3 Å². The van der Waals surface area contributed by atoms with Crippen LogP contribution >= 0.6 is 11.6 Å². The Kier molecular flexibility index (Phi) is 8.50. The van der Waals surface area contributed by atoms with E-state index in [4.69, 9.17) is 21.3 Å². The Morgan fingerprint density at radius 1 is 1.00 bits per heavy atom. The highest BCUT2D eigenvalue weighted by molar-refractivity contribution is 7.85. The lowest BCUT2D eigenvalue weighted by atomic mass is 10.0. The largest absolute Gasteiger partial charge is 0.494 e. The first-order valence-corrected chi connectivity index (χ1v) is 15.7. The maximum atomic E-state index is 14.8. The molecule has 0 spiro atoms. The number of carbonyl (C=O) groups excluding carboxylic acids is 1. The molecule has 0 aliphatic carbocycles. The monoisotopic (exact) mass is 628 g/mol. The van der Waals surface area contributed by atoms with Crippen LogP contribution in [0.1, 0.15) is 30.3 Å². The second kappa shape index (κ2) is 12.6. The molecule has 1 aromatic heterocycles. The molecule has 4 aromatic carbocycles. The van der Waals surface area contributed by atoms with Crippen LogP contribution in [0.15, 0.2) is 91.1 Å². The molecule has 1 unspecified atom stereocenters. The fraction of sp³-hybridized carbons (Fsp3) is 0.176. The molecular weight excluding hydrogens is 599 g/mol. The number of carbonyl (C=O) groups is 1. The number of imidazole rings is 1. The summed E-state index contributed by atoms with van der Waals surface area (Å²) in [7, 11) is 0. The number of amides is 1. The number of nitrogens with one attached hydrogen (secondary N) is 1. The van der Waals surface area contributed by atoms with Gasteiger partial charge in [0.1, 0.15) is 23.9 Å². The minimum atomic E-state index is -1.63. The maximum absolute atomic E-state index is 14.8. The number of halogens is 2. The van der Waals surface area contributed by atoms with E-state index in [0.29, 0.717) is 35.1 Å². The van der Waals surface area contributed by atoms with Crippen molar-refractivity contribution in [3.8, 4) is 33.8 Å². The highest BCUT2D eigenvalue weighted by Gasteiger charge is 2.27. The lowest BCUT2D eigenvalue weighted by molar-refractivity contribution is -0.117. The summed E-state index contributed by atoms with van der Waals surface area (Å²) >= 11 is 4.59. The van der Waals surface area contributed by atoms with Crippen LogP contribution < -0.4 is 13.8 Å². The van der Waals surface area contributed by atoms with E-state index in [2.05, 4.69) is 4.72 Å². The van der Waals surface area contributed by atoms with Crippen LogP contribution in [-0.4, -0.2) is 32.8 Å². The van der Waals surface area contributed by atoms with Gasteiger partial charge in [0.15, 0.2) is 0 Å². The summed E-state index contributed by atoms with van der Waals surface area (Å²) in [5.41, 5.74) is 6.42. The maximum Gasteiger partial charge on any atom is 0.253 e. The minimum Gasteiger partial charge on any atom is -0.494 e. The van der Waals surface area contributed by atoms with Gasteiger partial charge in [-0.2, -0.15) is 0 Å². The predicted molar refractivity (Wildman–Crippen MR) is 173 cm³/mol. The van der Waals surface area contributed by atoms with E-state index in [1.165, 1.54) is 10.4 Å². The molecule has 5 aromatic rings. The first-order valence-electron chi connectivity index (χ1n) is 14.2. The van der Waals surface area contributed by atoms with Crippen LogP contribution in [0.25, 0.3) is 28.1 Å². The second-order valence-corrected chi connectivity index (χ2v) is 12.1. The number of ether oxygens (including phenoxy) is 1. The van der Waals surface area contributed by atoms with Gasteiger partial charge in [-0.1, -0.05) is 54.9 Å². The van der Waals surface area contributed by atoms with Gasteiger partial charge in [-0.05, 0) is 78.6 Å². The van der Waals surface area contributed by atoms with Crippen molar-refractivity contribution < 1.29 is 18.1 Å². The van der Waals surface area contributed by atoms with Gasteiger partial charge in [-0.15, -0.1) is 0 Å². The third-order valence-corrected chi connectivity index (χ3v) is 8.74. The Morgan fingerprint density at radius 3 is 2.52 bits per heavy atom. The van der Waals surface area contributed by atoms with Gasteiger partial charge in [0, 0.05) is 34.5 Å². The zero-order valence-electron chi connectivity index (χ0n) is 24.2. The van der Waals surface area contributed by atoms with Crippen molar-refractivity contribution in [2.24, 2.45) is 0 Å². The highest BCUT2D eigenvalue weighted by Crippen LogP contribution is 2.31. The number of nitrogens with zero attached hydrogens (tertiary/aromatic N) is 3. The molecule has 6 rings (SSSR count). The van der Waals surface area contributed by atoms with E-state index in [-0.39, 0.29) is 18.3 Å². The molecule has 1 N–H and O–H groups in total. The van der Waals surface area contributed by atoms with Crippen LogP contribution in [0.3, 0.4) is 0 Å². The van der Waals surface area contributed by atoms with Gasteiger partial charge < -0.3 is 9.30 Å². The van der Waals surface area contributed by atoms with Gasteiger partial charge in [-0.3, -0.25) is 13.8 Å². The smallest absolute Gasteiger partial charge is 0.253 e.